The number of halogens is 3. The van der Waals surface area contributed by atoms with Gasteiger partial charge in [-0.1, -0.05) is 0 Å². The van der Waals surface area contributed by atoms with Crippen LogP contribution in [0.3, 0.4) is 0 Å². The molecule has 4 heterocycles. The molecule has 0 amide bonds. The molecule has 3 aromatic rings. The summed E-state index contributed by atoms with van der Waals surface area (Å²) >= 11 is 0. The van der Waals surface area contributed by atoms with Gasteiger partial charge in [-0.2, -0.15) is 4.31 Å². The molecule has 1 aliphatic heterocycles. The molecule has 0 unspecified atom stereocenters. The number of hydrogen-bond acceptors (Lipinski definition) is 7. The van der Waals surface area contributed by atoms with Crippen molar-refractivity contribution in [3.05, 3.63) is 42.0 Å². The molecule has 1 fully saturated rings. The summed E-state index contributed by atoms with van der Waals surface area (Å²) in [7, 11) is -3.42. The van der Waals surface area contributed by atoms with Gasteiger partial charge in [0.25, 0.3) is 6.43 Å². The number of aromatic nitrogens is 4. The van der Waals surface area contributed by atoms with Crippen LogP contribution < -0.4 is 5.32 Å². The standard InChI is InChI=1S/C18H19F3N6O3S/c1-31(29,30)26-5-3-12(16(28)9-26)24-18-23-8-15-11(19)7-14(27(15)25-18)13-6-10(17(20)21)2-4-22-13/h2,4,6-8,12,16-17,28H,3,5,9H2,1H3,(H,24,25)/t12-,16-/m1/s1. The lowest BCUT2D eigenvalue weighted by Gasteiger charge is -2.34. The number of sulfonamides is 1. The molecule has 2 atom stereocenters. The third-order valence-electron chi connectivity index (χ3n) is 5.09. The van der Waals surface area contributed by atoms with Crippen molar-refractivity contribution in [3.8, 4) is 11.4 Å². The summed E-state index contributed by atoms with van der Waals surface area (Å²) in [5.74, 6) is -0.585. The molecule has 1 saturated heterocycles. The number of β-amino-alcohol motifs (C(OH)–C–C–N with tert-alkyl or cyclic N) is 1. The molecule has 9 nitrogen and oxygen atoms in total. The first-order valence-corrected chi connectivity index (χ1v) is 11.2. The second-order valence-corrected chi connectivity index (χ2v) is 9.24. The number of nitrogens with zero attached hydrogens (tertiary/aromatic N) is 5. The largest absolute Gasteiger partial charge is 0.390 e. The first kappa shape index (κ1) is 21.5. The third-order valence-corrected chi connectivity index (χ3v) is 6.36. The summed E-state index contributed by atoms with van der Waals surface area (Å²) in [6.45, 7) is 0.135. The molecule has 0 radical (unpaired) electrons. The topological polar surface area (TPSA) is 113 Å². The number of aliphatic hydroxyl groups is 1. The van der Waals surface area contributed by atoms with Crippen molar-refractivity contribution in [2.45, 2.75) is 25.0 Å². The molecule has 0 bridgehead atoms. The number of anilines is 1. The van der Waals surface area contributed by atoms with E-state index in [1.165, 1.54) is 27.3 Å². The average molecular weight is 456 g/mol. The van der Waals surface area contributed by atoms with Gasteiger partial charge < -0.3 is 10.4 Å². The zero-order valence-corrected chi connectivity index (χ0v) is 17.1. The van der Waals surface area contributed by atoms with Crippen molar-refractivity contribution < 1.29 is 26.7 Å². The number of nitrogens with one attached hydrogen (secondary N) is 1. The van der Waals surface area contributed by atoms with Crippen LogP contribution in [0.5, 0.6) is 0 Å². The van der Waals surface area contributed by atoms with Crippen LogP contribution in [0, 0.1) is 5.82 Å². The molecule has 31 heavy (non-hydrogen) atoms. The van der Waals surface area contributed by atoms with Crippen molar-refractivity contribution in [3.63, 3.8) is 0 Å². The van der Waals surface area contributed by atoms with E-state index in [4.69, 9.17) is 0 Å². The van der Waals surface area contributed by atoms with Gasteiger partial charge in [-0.15, -0.1) is 5.10 Å². The van der Waals surface area contributed by atoms with Crippen LogP contribution in [0.4, 0.5) is 19.1 Å². The van der Waals surface area contributed by atoms with Crippen molar-refractivity contribution >= 4 is 21.5 Å². The van der Waals surface area contributed by atoms with E-state index >= 15 is 0 Å². The first-order valence-electron chi connectivity index (χ1n) is 9.32. The van der Waals surface area contributed by atoms with E-state index in [-0.39, 0.29) is 41.5 Å². The molecule has 13 heteroatoms. The monoisotopic (exact) mass is 456 g/mol. The first-order chi connectivity index (χ1) is 14.6. The Labute approximate surface area is 175 Å². The molecular formula is C18H19F3N6O3S. The van der Waals surface area contributed by atoms with E-state index in [1.54, 1.807) is 0 Å². The Bertz CT molecular complexity index is 1220. The molecule has 166 valence electrons. The zero-order chi connectivity index (χ0) is 22.3. The smallest absolute Gasteiger partial charge is 0.263 e. The molecule has 0 spiro atoms. The molecule has 0 aromatic carbocycles. The quantitative estimate of drug-likeness (QED) is 0.601. The van der Waals surface area contributed by atoms with Crippen molar-refractivity contribution in [2.75, 3.05) is 24.7 Å². The molecular weight excluding hydrogens is 437 g/mol. The SMILES string of the molecule is CS(=O)(=O)N1CC[C@@H](Nc2ncc3c(F)cc(-c4cc(C(F)F)ccn4)n3n2)[C@H](O)C1. The number of hydrogen-bond donors (Lipinski definition) is 2. The highest BCUT2D eigenvalue weighted by molar-refractivity contribution is 7.88. The van der Waals surface area contributed by atoms with E-state index in [2.05, 4.69) is 20.4 Å². The van der Waals surface area contributed by atoms with Gasteiger partial charge in [-0.05, 0) is 18.6 Å². The Morgan fingerprint density at radius 1 is 1.29 bits per heavy atom. The highest BCUT2D eigenvalue weighted by Crippen LogP contribution is 2.27. The van der Waals surface area contributed by atoms with E-state index in [0.29, 0.717) is 6.42 Å². The Morgan fingerprint density at radius 2 is 2.06 bits per heavy atom. The molecule has 4 rings (SSSR count). The minimum Gasteiger partial charge on any atom is -0.390 e. The summed E-state index contributed by atoms with van der Waals surface area (Å²) in [6.07, 6.45) is 0.102. The van der Waals surface area contributed by atoms with Gasteiger partial charge in [0.05, 0.1) is 36.0 Å². The Kier molecular flexibility index (Phi) is 5.58. The maximum absolute atomic E-state index is 14.4. The summed E-state index contributed by atoms with van der Waals surface area (Å²) < 4.78 is 66.1. The molecule has 1 aliphatic rings. The lowest BCUT2D eigenvalue weighted by molar-refractivity contribution is 0.0950. The van der Waals surface area contributed by atoms with Gasteiger partial charge in [0, 0.05) is 30.9 Å². The molecule has 0 aliphatic carbocycles. The lowest BCUT2D eigenvalue weighted by atomic mass is 10.0. The number of rotatable bonds is 5. The Hall–Kier alpha value is -2.77. The van der Waals surface area contributed by atoms with Crippen molar-refractivity contribution in [1.82, 2.24) is 23.9 Å². The van der Waals surface area contributed by atoms with Gasteiger partial charge in [-0.3, -0.25) is 4.98 Å². The molecule has 0 saturated carbocycles. The number of aliphatic hydroxyl groups excluding tert-OH is 1. The second-order valence-electron chi connectivity index (χ2n) is 7.26. The Morgan fingerprint density at radius 3 is 2.74 bits per heavy atom. The zero-order valence-electron chi connectivity index (χ0n) is 16.3. The summed E-state index contributed by atoms with van der Waals surface area (Å²) in [4.78, 5) is 8.09. The number of pyridine rings is 1. The molecule has 3 aromatic heterocycles. The Balaban J connectivity index is 1.63. The van der Waals surface area contributed by atoms with Crippen LogP contribution in [0.1, 0.15) is 18.4 Å². The van der Waals surface area contributed by atoms with Crippen molar-refractivity contribution in [2.24, 2.45) is 0 Å². The maximum Gasteiger partial charge on any atom is 0.263 e. The van der Waals surface area contributed by atoms with Crippen LogP contribution in [-0.4, -0.2) is 68.9 Å². The van der Waals surface area contributed by atoms with Gasteiger partial charge in [0.15, 0.2) is 5.82 Å². The normalized spacial score (nSPS) is 20.5. The number of alkyl halides is 2. The average Bonchev–Trinajstić information content (AvgIpc) is 3.05. The fraction of sp³-hybridized carbons (Fsp3) is 0.389. The number of fused-ring (bicyclic) bond motifs is 1. The van der Waals surface area contributed by atoms with Crippen LogP contribution in [0.15, 0.2) is 30.6 Å². The third kappa shape index (κ3) is 4.34. The second kappa shape index (κ2) is 8.05. The predicted molar refractivity (Wildman–Crippen MR) is 106 cm³/mol. The van der Waals surface area contributed by atoms with E-state index < -0.39 is 34.4 Å². The summed E-state index contributed by atoms with van der Waals surface area (Å²) in [5.41, 5.74) is 0.0431. The van der Waals surface area contributed by atoms with Gasteiger partial charge >= 0.3 is 0 Å². The van der Waals surface area contributed by atoms with E-state index in [0.717, 1.165) is 18.4 Å². The van der Waals surface area contributed by atoms with Gasteiger partial charge in [0.2, 0.25) is 16.0 Å². The highest BCUT2D eigenvalue weighted by atomic mass is 32.2. The maximum atomic E-state index is 14.4. The van der Waals surface area contributed by atoms with Crippen LogP contribution in [-0.2, 0) is 10.0 Å². The highest BCUT2D eigenvalue weighted by Gasteiger charge is 2.32. The van der Waals surface area contributed by atoms with Crippen LogP contribution in [0.25, 0.3) is 16.9 Å². The lowest BCUT2D eigenvalue weighted by Crippen LogP contribution is -2.51. The van der Waals surface area contributed by atoms with Gasteiger partial charge in [0.1, 0.15) is 5.52 Å². The van der Waals surface area contributed by atoms with E-state index in [1.807, 2.05) is 0 Å². The fourth-order valence-electron chi connectivity index (χ4n) is 3.46. The van der Waals surface area contributed by atoms with Crippen LogP contribution in [0.2, 0.25) is 0 Å². The minimum atomic E-state index is -3.42. The van der Waals surface area contributed by atoms with Crippen LogP contribution >= 0.6 is 0 Å². The minimum absolute atomic E-state index is 0.0252. The fourth-order valence-corrected chi connectivity index (χ4v) is 4.32. The summed E-state index contributed by atoms with van der Waals surface area (Å²) in [6, 6.07) is 2.93. The van der Waals surface area contributed by atoms with Gasteiger partial charge in [-0.25, -0.2) is 31.1 Å². The summed E-state index contributed by atoms with van der Waals surface area (Å²) in [5, 5.41) is 17.5. The van der Waals surface area contributed by atoms with E-state index in [9.17, 15) is 26.7 Å². The predicted octanol–water partition coefficient (Wildman–Crippen LogP) is 1.67. The number of piperidine rings is 1. The molecule has 2 N–H and O–H groups in total. The van der Waals surface area contributed by atoms with Crippen molar-refractivity contribution in [1.29, 1.82) is 0 Å².